The van der Waals surface area contributed by atoms with E-state index < -0.39 is 0 Å². The van der Waals surface area contributed by atoms with Gasteiger partial charge in [0.15, 0.2) is 0 Å². The summed E-state index contributed by atoms with van der Waals surface area (Å²) in [5.74, 6) is 0.978. The van der Waals surface area contributed by atoms with Gasteiger partial charge in [-0.25, -0.2) is 4.98 Å². The molecule has 7 heteroatoms. The predicted octanol–water partition coefficient (Wildman–Crippen LogP) is 3.99. The quantitative estimate of drug-likeness (QED) is 0.466. The molecule has 0 aliphatic carbocycles. The van der Waals surface area contributed by atoms with E-state index in [2.05, 4.69) is 5.16 Å². The summed E-state index contributed by atoms with van der Waals surface area (Å²) in [4.78, 5) is 33.5. The molecule has 0 unspecified atom stereocenters. The second-order valence-corrected chi connectivity index (χ2v) is 8.66. The highest BCUT2D eigenvalue weighted by molar-refractivity contribution is 5.96. The second kappa shape index (κ2) is 8.74. The van der Waals surface area contributed by atoms with E-state index in [0.29, 0.717) is 47.1 Å². The van der Waals surface area contributed by atoms with E-state index in [4.69, 9.17) is 9.51 Å². The number of amides is 1. The summed E-state index contributed by atoms with van der Waals surface area (Å²) in [6, 6.07) is 19.7. The van der Waals surface area contributed by atoms with Crippen LogP contribution in [-0.4, -0.2) is 32.1 Å². The van der Waals surface area contributed by atoms with E-state index in [-0.39, 0.29) is 24.1 Å². The van der Waals surface area contributed by atoms with Gasteiger partial charge in [-0.05, 0) is 38.3 Å². The molecule has 0 saturated carbocycles. The van der Waals surface area contributed by atoms with Gasteiger partial charge in [0.1, 0.15) is 17.1 Å². The highest BCUT2D eigenvalue weighted by atomic mass is 16.5. The average Bonchev–Trinajstić information content (AvgIpc) is 3.19. The third-order valence-electron chi connectivity index (χ3n) is 6.47. The first-order valence-corrected chi connectivity index (χ1v) is 11.4. The minimum Gasteiger partial charge on any atom is -0.361 e. The van der Waals surface area contributed by atoms with Gasteiger partial charge < -0.3 is 9.42 Å². The highest BCUT2D eigenvalue weighted by Crippen LogP contribution is 2.28. The Labute approximate surface area is 197 Å². The zero-order valence-electron chi connectivity index (χ0n) is 19.5. The summed E-state index contributed by atoms with van der Waals surface area (Å²) in [6.45, 7) is 6.08. The Hall–Kier alpha value is -4.00. The third-order valence-corrected chi connectivity index (χ3v) is 6.47. The molecule has 0 spiro atoms. The fourth-order valence-corrected chi connectivity index (χ4v) is 4.81. The topological polar surface area (TPSA) is 81.2 Å². The van der Waals surface area contributed by atoms with Crippen LogP contribution < -0.4 is 5.56 Å². The van der Waals surface area contributed by atoms with Crippen LogP contribution in [0.4, 0.5) is 0 Å². The smallest absolute Gasteiger partial charge is 0.259 e. The number of benzene rings is 2. The molecule has 1 aliphatic heterocycles. The van der Waals surface area contributed by atoms with Crippen molar-refractivity contribution < 1.29 is 9.32 Å². The van der Waals surface area contributed by atoms with Gasteiger partial charge in [0.25, 0.3) is 11.5 Å². The molecule has 1 aliphatic rings. The zero-order valence-corrected chi connectivity index (χ0v) is 19.5. The summed E-state index contributed by atoms with van der Waals surface area (Å²) in [7, 11) is 0. The summed E-state index contributed by atoms with van der Waals surface area (Å²) >= 11 is 0. The maximum absolute atomic E-state index is 13.8. The van der Waals surface area contributed by atoms with Crippen molar-refractivity contribution in [2.45, 2.75) is 39.8 Å². The van der Waals surface area contributed by atoms with Gasteiger partial charge in [-0.1, -0.05) is 65.8 Å². The number of fused-ring (bicyclic) bond motifs is 1. The molecule has 5 rings (SSSR count). The van der Waals surface area contributed by atoms with Crippen LogP contribution in [-0.2, 0) is 13.0 Å². The van der Waals surface area contributed by atoms with E-state index >= 15 is 0 Å². The Bertz CT molecular complexity index is 1350. The first-order valence-electron chi connectivity index (χ1n) is 11.4. The molecule has 0 fully saturated rings. The Morgan fingerprint density at radius 2 is 1.59 bits per heavy atom. The maximum Gasteiger partial charge on any atom is 0.259 e. The molecule has 7 nitrogen and oxygen atoms in total. The van der Waals surface area contributed by atoms with E-state index in [1.54, 1.807) is 23.3 Å². The van der Waals surface area contributed by atoms with Crippen molar-refractivity contribution in [2.24, 2.45) is 0 Å². The summed E-state index contributed by atoms with van der Waals surface area (Å²) in [5.41, 5.74) is 4.38. The van der Waals surface area contributed by atoms with Crippen LogP contribution in [0.3, 0.4) is 0 Å². The predicted molar refractivity (Wildman–Crippen MR) is 128 cm³/mol. The van der Waals surface area contributed by atoms with Crippen molar-refractivity contribution in [1.29, 1.82) is 0 Å². The lowest BCUT2D eigenvalue weighted by molar-refractivity contribution is 0.0728. The fraction of sp³-hybridized carbons (Fsp3) is 0.259. The first kappa shape index (κ1) is 21.8. The molecule has 0 radical (unpaired) electrons. The SMILES string of the molecule is Cc1noc(C)c1C(=O)N1CCc2c(nc(C)n(C(c3ccccc3)c3ccccc3)c2=O)C1. The van der Waals surface area contributed by atoms with Crippen LogP contribution in [0.25, 0.3) is 0 Å². The number of rotatable bonds is 4. The van der Waals surface area contributed by atoms with Crippen molar-refractivity contribution in [3.05, 3.63) is 116 Å². The van der Waals surface area contributed by atoms with Crippen LogP contribution in [0.1, 0.15) is 56.1 Å². The Morgan fingerprint density at radius 1 is 0.971 bits per heavy atom. The first-order chi connectivity index (χ1) is 16.5. The second-order valence-electron chi connectivity index (χ2n) is 8.66. The third kappa shape index (κ3) is 3.73. The van der Waals surface area contributed by atoms with E-state index in [0.717, 1.165) is 11.1 Å². The van der Waals surface area contributed by atoms with Gasteiger partial charge in [0.2, 0.25) is 0 Å². The minimum absolute atomic E-state index is 0.0513. The van der Waals surface area contributed by atoms with Crippen molar-refractivity contribution in [1.82, 2.24) is 19.6 Å². The minimum atomic E-state index is -0.283. The number of aryl methyl sites for hydroxylation is 3. The fourth-order valence-electron chi connectivity index (χ4n) is 4.81. The number of nitrogens with zero attached hydrogens (tertiary/aromatic N) is 4. The van der Waals surface area contributed by atoms with Gasteiger partial charge in [0.05, 0.1) is 24.0 Å². The molecule has 3 heterocycles. The number of carbonyl (C=O) groups excluding carboxylic acids is 1. The molecule has 4 aromatic rings. The number of hydrogen-bond donors (Lipinski definition) is 0. The molecule has 172 valence electrons. The van der Waals surface area contributed by atoms with Crippen molar-refractivity contribution in [2.75, 3.05) is 6.54 Å². The average molecular weight is 455 g/mol. The number of carbonyl (C=O) groups is 1. The monoisotopic (exact) mass is 454 g/mol. The Morgan fingerprint density at radius 3 is 2.15 bits per heavy atom. The van der Waals surface area contributed by atoms with Crippen LogP contribution in [0.15, 0.2) is 70.0 Å². The summed E-state index contributed by atoms with van der Waals surface area (Å²) in [6.07, 6.45) is 0.451. The zero-order chi connectivity index (χ0) is 23.8. The van der Waals surface area contributed by atoms with E-state index in [1.165, 1.54) is 0 Å². The molecule has 1 amide bonds. The molecule has 0 saturated heterocycles. The molecule has 2 aromatic heterocycles. The molecule has 34 heavy (non-hydrogen) atoms. The lowest BCUT2D eigenvalue weighted by atomic mass is 9.97. The molecule has 0 N–H and O–H groups in total. The van der Waals surface area contributed by atoms with Gasteiger partial charge in [-0.2, -0.15) is 0 Å². The number of aromatic nitrogens is 3. The highest BCUT2D eigenvalue weighted by Gasteiger charge is 2.30. The Balaban J connectivity index is 1.56. The summed E-state index contributed by atoms with van der Waals surface area (Å²) < 4.78 is 6.96. The van der Waals surface area contributed by atoms with Crippen LogP contribution >= 0.6 is 0 Å². The lowest BCUT2D eigenvalue weighted by Crippen LogP contribution is -2.42. The van der Waals surface area contributed by atoms with Crippen LogP contribution in [0.5, 0.6) is 0 Å². The standard InChI is InChI=1S/C27H26N4O3/c1-17-24(18(2)34-29-17)27(33)30-15-14-22-23(16-30)28-19(3)31(26(22)32)25(20-10-6-4-7-11-20)21-12-8-5-9-13-21/h4-13,25H,14-16H2,1-3H3. The van der Waals surface area contributed by atoms with Crippen molar-refractivity contribution in [3.63, 3.8) is 0 Å². The molecule has 2 aromatic carbocycles. The van der Waals surface area contributed by atoms with E-state index in [1.807, 2.05) is 67.6 Å². The maximum atomic E-state index is 13.8. The molecule has 0 bridgehead atoms. The van der Waals surface area contributed by atoms with Crippen molar-refractivity contribution in [3.8, 4) is 0 Å². The molecular weight excluding hydrogens is 428 g/mol. The number of hydrogen-bond acceptors (Lipinski definition) is 5. The summed E-state index contributed by atoms with van der Waals surface area (Å²) in [5, 5.41) is 3.90. The van der Waals surface area contributed by atoms with Gasteiger partial charge in [0, 0.05) is 12.1 Å². The molecule has 0 atom stereocenters. The van der Waals surface area contributed by atoms with Crippen LogP contribution in [0, 0.1) is 20.8 Å². The largest absolute Gasteiger partial charge is 0.361 e. The van der Waals surface area contributed by atoms with Crippen LogP contribution in [0.2, 0.25) is 0 Å². The normalized spacial score (nSPS) is 13.2. The van der Waals surface area contributed by atoms with Gasteiger partial charge >= 0.3 is 0 Å². The Kier molecular flexibility index (Phi) is 5.61. The van der Waals surface area contributed by atoms with E-state index in [9.17, 15) is 9.59 Å². The van der Waals surface area contributed by atoms with Crippen molar-refractivity contribution >= 4 is 5.91 Å². The lowest BCUT2D eigenvalue weighted by Gasteiger charge is -2.30. The van der Waals surface area contributed by atoms with Gasteiger partial charge in [-0.3, -0.25) is 14.2 Å². The molecular formula is C27H26N4O3. The van der Waals surface area contributed by atoms with Gasteiger partial charge in [-0.15, -0.1) is 0 Å².